The Morgan fingerprint density at radius 3 is 2.46 bits per heavy atom. The predicted octanol–water partition coefficient (Wildman–Crippen LogP) is 1.82. The molecule has 7 heteroatoms. The average Bonchev–Trinajstić information content (AvgIpc) is 3.54. The van der Waals surface area contributed by atoms with E-state index in [1.165, 1.54) is 6.07 Å². The number of aromatic nitrogens is 1. The normalized spacial score (nSPS) is 21.3. The molecule has 2 fully saturated rings. The molecular formula is C21H23FN4O2. The lowest BCUT2D eigenvalue weighted by Crippen LogP contribution is -2.49. The molecule has 0 radical (unpaired) electrons. The third-order valence-corrected chi connectivity index (χ3v) is 5.44. The molecule has 0 bridgehead atoms. The third kappa shape index (κ3) is 3.98. The maximum atomic E-state index is 13.9. The van der Waals surface area contributed by atoms with E-state index in [2.05, 4.69) is 10.3 Å². The number of benzene rings is 1. The van der Waals surface area contributed by atoms with Gasteiger partial charge < -0.3 is 15.1 Å². The molecule has 146 valence electrons. The van der Waals surface area contributed by atoms with Gasteiger partial charge in [0.25, 0.3) is 0 Å². The second-order valence-corrected chi connectivity index (χ2v) is 7.29. The number of piperazine rings is 1. The lowest BCUT2D eigenvalue weighted by atomic mass is 10.2. The Morgan fingerprint density at radius 1 is 1.04 bits per heavy atom. The number of para-hydroxylation sites is 1. The number of hydrogen-bond donors (Lipinski definition) is 1. The van der Waals surface area contributed by atoms with Crippen LogP contribution in [0.3, 0.4) is 0 Å². The molecular weight excluding hydrogens is 359 g/mol. The molecule has 1 aromatic carbocycles. The Bertz CT molecular complexity index is 852. The summed E-state index contributed by atoms with van der Waals surface area (Å²) in [5, 5.41) is 2.90. The van der Waals surface area contributed by atoms with Crippen molar-refractivity contribution < 1.29 is 14.0 Å². The van der Waals surface area contributed by atoms with Crippen molar-refractivity contribution in [2.24, 2.45) is 11.8 Å². The molecule has 1 N–H and O–H groups in total. The number of amides is 2. The van der Waals surface area contributed by atoms with E-state index in [4.69, 9.17) is 0 Å². The quantitative estimate of drug-likeness (QED) is 0.857. The van der Waals surface area contributed by atoms with E-state index in [9.17, 15) is 14.0 Å². The maximum Gasteiger partial charge on any atom is 0.226 e. The minimum absolute atomic E-state index is 0.0391. The summed E-state index contributed by atoms with van der Waals surface area (Å²) >= 11 is 0. The zero-order valence-corrected chi connectivity index (χ0v) is 15.6. The summed E-state index contributed by atoms with van der Waals surface area (Å²) in [6.07, 6.45) is 3.98. The van der Waals surface area contributed by atoms with Crippen LogP contribution >= 0.6 is 0 Å². The van der Waals surface area contributed by atoms with Gasteiger partial charge in [0, 0.05) is 45.1 Å². The Hall–Kier alpha value is -2.96. The first kappa shape index (κ1) is 18.4. The third-order valence-electron chi connectivity index (χ3n) is 5.44. The molecule has 1 aliphatic carbocycles. The van der Waals surface area contributed by atoms with Crippen molar-refractivity contribution in [3.8, 4) is 0 Å². The molecule has 0 spiro atoms. The van der Waals surface area contributed by atoms with Crippen molar-refractivity contribution in [3.05, 3.63) is 60.2 Å². The van der Waals surface area contributed by atoms with Crippen molar-refractivity contribution in [1.82, 2.24) is 15.2 Å². The summed E-state index contributed by atoms with van der Waals surface area (Å²) in [6, 6.07) is 10.4. The molecule has 1 aromatic heterocycles. The maximum absolute atomic E-state index is 13.9. The molecule has 1 saturated heterocycles. The van der Waals surface area contributed by atoms with E-state index in [0.29, 0.717) is 44.8 Å². The first-order chi connectivity index (χ1) is 13.6. The van der Waals surface area contributed by atoms with Crippen LogP contribution < -0.4 is 10.2 Å². The summed E-state index contributed by atoms with van der Waals surface area (Å²) < 4.78 is 13.9. The van der Waals surface area contributed by atoms with Crippen molar-refractivity contribution in [1.29, 1.82) is 0 Å². The summed E-state index contributed by atoms with van der Waals surface area (Å²) in [6.45, 7) is 2.74. The number of nitrogens with zero attached hydrogens (tertiary/aromatic N) is 3. The fraction of sp³-hybridized carbons (Fsp3) is 0.381. The first-order valence-corrected chi connectivity index (χ1v) is 9.58. The SMILES string of the molecule is O=C(NCc1ccncc1)C1CC1C(=O)N1CCN(c2ccccc2F)CC1. The Balaban J connectivity index is 1.25. The smallest absolute Gasteiger partial charge is 0.226 e. The number of pyridine rings is 1. The molecule has 2 atom stereocenters. The number of halogens is 1. The van der Waals surface area contributed by atoms with Gasteiger partial charge in [-0.15, -0.1) is 0 Å². The van der Waals surface area contributed by atoms with Crippen LogP contribution in [0.4, 0.5) is 10.1 Å². The zero-order chi connectivity index (χ0) is 19.5. The zero-order valence-electron chi connectivity index (χ0n) is 15.6. The lowest BCUT2D eigenvalue weighted by molar-refractivity contribution is -0.135. The van der Waals surface area contributed by atoms with E-state index in [1.54, 1.807) is 29.4 Å². The van der Waals surface area contributed by atoms with Crippen molar-refractivity contribution in [2.45, 2.75) is 13.0 Å². The van der Waals surface area contributed by atoms with E-state index >= 15 is 0 Å². The monoisotopic (exact) mass is 382 g/mol. The Labute approximate surface area is 163 Å². The number of rotatable bonds is 5. The summed E-state index contributed by atoms with van der Waals surface area (Å²) in [5.41, 5.74) is 1.56. The highest BCUT2D eigenvalue weighted by Crippen LogP contribution is 2.40. The highest BCUT2D eigenvalue weighted by Gasteiger charge is 2.49. The molecule has 2 unspecified atom stereocenters. The molecule has 2 amide bonds. The van der Waals surface area contributed by atoms with Gasteiger partial charge in [-0.1, -0.05) is 12.1 Å². The molecule has 2 aliphatic rings. The van der Waals surface area contributed by atoms with Crippen LogP contribution in [0, 0.1) is 17.7 Å². The second-order valence-electron chi connectivity index (χ2n) is 7.29. The average molecular weight is 382 g/mol. The molecule has 4 rings (SSSR count). The van der Waals surface area contributed by atoms with Gasteiger partial charge in [0.1, 0.15) is 5.82 Å². The number of hydrogen-bond acceptors (Lipinski definition) is 4. The summed E-state index contributed by atoms with van der Waals surface area (Å²) in [4.78, 5) is 32.7. The Kier molecular flexibility index (Phi) is 5.23. The predicted molar refractivity (Wildman–Crippen MR) is 103 cm³/mol. The van der Waals surface area contributed by atoms with Crippen molar-refractivity contribution in [2.75, 3.05) is 31.1 Å². The summed E-state index contributed by atoms with van der Waals surface area (Å²) in [5.74, 6) is -0.732. The van der Waals surface area contributed by atoms with Gasteiger partial charge in [-0.3, -0.25) is 14.6 Å². The minimum Gasteiger partial charge on any atom is -0.366 e. The van der Waals surface area contributed by atoms with E-state index in [0.717, 1.165) is 5.56 Å². The van der Waals surface area contributed by atoms with Crippen LogP contribution in [-0.4, -0.2) is 47.9 Å². The molecule has 1 aliphatic heterocycles. The van der Waals surface area contributed by atoms with Crippen LogP contribution in [0.1, 0.15) is 12.0 Å². The van der Waals surface area contributed by atoms with Gasteiger partial charge in [0.2, 0.25) is 11.8 Å². The molecule has 28 heavy (non-hydrogen) atoms. The highest BCUT2D eigenvalue weighted by atomic mass is 19.1. The highest BCUT2D eigenvalue weighted by molar-refractivity contribution is 5.92. The Morgan fingerprint density at radius 2 is 1.75 bits per heavy atom. The molecule has 2 heterocycles. The first-order valence-electron chi connectivity index (χ1n) is 9.58. The van der Waals surface area contributed by atoms with Gasteiger partial charge in [0.05, 0.1) is 17.5 Å². The standard InChI is InChI=1S/C21H23FN4O2/c22-18-3-1-2-4-19(18)25-9-11-26(12-10-25)21(28)17-13-16(17)20(27)24-14-15-5-7-23-8-6-15/h1-8,16-17H,9-14H2,(H,24,27). The van der Waals surface area contributed by atoms with Gasteiger partial charge in [-0.2, -0.15) is 0 Å². The van der Waals surface area contributed by atoms with Crippen molar-refractivity contribution in [3.63, 3.8) is 0 Å². The van der Waals surface area contributed by atoms with E-state index in [-0.39, 0.29) is 29.5 Å². The molecule has 1 saturated carbocycles. The van der Waals surface area contributed by atoms with E-state index < -0.39 is 0 Å². The fourth-order valence-corrected chi connectivity index (χ4v) is 3.69. The number of carbonyl (C=O) groups is 2. The van der Waals surface area contributed by atoms with Crippen LogP contribution in [0.2, 0.25) is 0 Å². The fourth-order valence-electron chi connectivity index (χ4n) is 3.69. The van der Waals surface area contributed by atoms with Crippen LogP contribution in [0.5, 0.6) is 0 Å². The van der Waals surface area contributed by atoms with Crippen LogP contribution in [0.25, 0.3) is 0 Å². The van der Waals surface area contributed by atoms with E-state index in [1.807, 2.05) is 23.1 Å². The topological polar surface area (TPSA) is 65.5 Å². The van der Waals surface area contributed by atoms with Crippen LogP contribution in [-0.2, 0) is 16.1 Å². The second kappa shape index (κ2) is 7.96. The van der Waals surface area contributed by atoms with Gasteiger partial charge in [-0.05, 0) is 36.2 Å². The van der Waals surface area contributed by atoms with Gasteiger partial charge in [0.15, 0.2) is 0 Å². The van der Waals surface area contributed by atoms with Crippen LogP contribution in [0.15, 0.2) is 48.8 Å². The van der Waals surface area contributed by atoms with Gasteiger partial charge >= 0.3 is 0 Å². The number of nitrogens with one attached hydrogen (secondary N) is 1. The van der Waals surface area contributed by atoms with Gasteiger partial charge in [-0.25, -0.2) is 4.39 Å². The number of anilines is 1. The molecule has 6 nitrogen and oxygen atoms in total. The largest absolute Gasteiger partial charge is 0.366 e. The number of carbonyl (C=O) groups excluding carboxylic acids is 2. The van der Waals surface area contributed by atoms with Crippen molar-refractivity contribution >= 4 is 17.5 Å². The lowest BCUT2D eigenvalue weighted by Gasteiger charge is -2.36. The minimum atomic E-state index is -0.240. The summed E-state index contributed by atoms with van der Waals surface area (Å²) in [7, 11) is 0. The molecule has 2 aromatic rings.